The minimum absolute atomic E-state index is 0. The molecule has 2 aliphatic heterocycles. The van der Waals surface area contributed by atoms with Gasteiger partial charge in [0.2, 0.25) is 0 Å². The molecular formula is C57H82F4N6O6. The molecule has 0 saturated carbocycles. The molecule has 12 nitrogen and oxygen atoms in total. The predicted octanol–water partition coefficient (Wildman–Crippen LogP) is 12.8. The Bertz CT molecular complexity index is 2450. The lowest BCUT2D eigenvalue weighted by Gasteiger charge is -2.40. The Morgan fingerprint density at radius 1 is 0.575 bits per heavy atom. The summed E-state index contributed by atoms with van der Waals surface area (Å²) in [4.78, 5) is 76.3. The summed E-state index contributed by atoms with van der Waals surface area (Å²) in [5.74, 6) is -0.340. The maximum atomic E-state index is 13.2. The largest absolute Gasteiger partial charge is 0.338 e. The highest BCUT2D eigenvalue weighted by Crippen LogP contribution is 2.31. The number of anilines is 2. The van der Waals surface area contributed by atoms with Crippen LogP contribution in [0.3, 0.4) is 0 Å². The third kappa shape index (κ3) is 19.6. The van der Waals surface area contributed by atoms with Gasteiger partial charge in [-0.3, -0.25) is 24.1 Å². The second-order valence-corrected chi connectivity index (χ2v) is 19.5. The number of alkyl halides is 2. The first-order chi connectivity index (χ1) is 34.8. The van der Waals surface area contributed by atoms with Gasteiger partial charge in [-0.2, -0.15) is 0 Å². The van der Waals surface area contributed by atoms with Crippen molar-refractivity contribution < 1.29 is 53.5 Å². The van der Waals surface area contributed by atoms with Crippen LogP contribution in [0.25, 0.3) is 0 Å². The van der Waals surface area contributed by atoms with Crippen molar-refractivity contribution in [3.8, 4) is 0 Å². The SMILES string of the molecule is CC(=O)c1cc(NC(=O)NCCC[C@H]2C[C@H](Cc3ccc(F)cc3)CCN2CC(F)F)cc(C(C)=O)c1.CCCN1CC[C@@H](Cc2ccc(F)cc2)C[C@@H]1CCCNC(=O)Nc1cc(C(C)=O)cc(C(C)=O)c1.[HH].[HH].[HH].[HH].[HH]. The number of hydrogen-bond donors (Lipinski definition) is 4. The van der Waals surface area contributed by atoms with E-state index in [1.807, 2.05) is 17.0 Å². The molecule has 0 aromatic heterocycles. The van der Waals surface area contributed by atoms with E-state index in [1.54, 1.807) is 30.3 Å². The minimum atomic E-state index is -2.41. The highest BCUT2D eigenvalue weighted by molar-refractivity contribution is 6.03. The summed E-state index contributed by atoms with van der Waals surface area (Å²) in [5.41, 5.74) is 4.42. The lowest BCUT2D eigenvalue weighted by Crippen LogP contribution is -2.45. The van der Waals surface area contributed by atoms with E-state index < -0.39 is 12.5 Å². The Kier molecular flexibility index (Phi) is 22.8. The predicted molar refractivity (Wildman–Crippen MR) is 289 cm³/mol. The second-order valence-electron chi connectivity index (χ2n) is 19.5. The Labute approximate surface area is 434 Å². The number of piperidine rings is 2. The fourth-order valence-corrected chi connectivity index (χ4v) is 9.89. The average Bonchev–Trinajstić information content (AvgIpc) is 3.34. The highest BCUT2D eigenvalue weighted by Gasteiger charge is 2.30. The smallest absolute Gasteiger partial charge is 0.319 e. The van der Waals surface area contributed by atoms with E-state index in [2.05, 4.69) is 33.1 Å². The summed E-state index contributed by atoms with van der Waals surface area (Å²) in [6, 6.07) is 22.1. The topological polar surface area (TPSA) is 157 Å². The first kappa shape index (κ1) is 57.6. The molecule has 4 aromatic carbocycles. The van der Waals surface area contributed by atoms with Gasteiger partial charge in [0.25, 0.3) is 6.43 Å². The Balaban J connectivity index is 0.00000143. The number of benzene rings is 4. The third-order valence-corrected chi connectivity index (χ3v) is 13.7. The van der Waals surface area contributed by atoms with Crippen LogP contribution in [0.2, 0.25) is 0 Å². The van der Waals surface area contributed by atoms with E-state index in [0.717, 1.165) is 76.4 Å². The summed E-state index contributed by atoms with van der Waals surface area (Å²) in [7, 11) is 0. The molecule has 404 valence electrons. The van der Waals surface area contributed by atoms with Crippen molar-refractivity contribution in [2.45, 2.75) is 124 Å². The molecule has 4 N–H and O–H groups in total. The van der Waals surface area contributed by atoms with Crippen LogP contribution in [0.5, 0.6) is 0 Å². The fourth-order valence-electron chi connectivity index (χ4n) is 9.89. The lowest BCUT2D eigenvalue weighted by atomic mass is 9.84. The van der Waals surface area contributed by atoms with Crippen molar-refractivity contribution in [3.05, 3.63) is 130 Å². The minimum Gasteiger partial charge on any atom is -0.338 e. The van der Waals surface area contributed by atoms with Crippen LogP contribution >= 0.6 is 0 Å². The summed E-state index contributed by atoms with van der Waals surface area (Å²) in [6.45, 7) is 11.2. The molecule has 2 aliphatic rings. The number of ketones is 4. The number of hydrogen-bond acceptors (Lipinski definition) is 8. The molecular weight excluding hydrogens is 941 g/mol. The Morgan fingerprint density at radius 2 is 0.945 bits per heavy atom. The van der Waals surface area contributed by atoms with Gasteiger partial charge in [-0.1, -0.05) is 31.2 Å². The van der Waals surface area contributed by atoms with E-state index in [9.17, 15) is 46.3 Å². The second kappa shape index (κ2) is 28.8. The van der Waals surface area contributed by atoms with Crippen LogP contribution in [0, 0.1) is 23.5 Å². The first-order valence-electron chi connectivity index (χ1n) is 25.5. The number of likely N-dealkylation sites (tertiary alicyclic amines) is 2. The van der Waals surface area contributed by atoms with E-state index in [4.69, 9.17) is 0 Å². The van der Waals surface area contributed by atoms with Crippen LogP contribution < -0.4 is 21.3 Å². The van der Waals surface area contributed by atoms with E-state index >= 15 is 0 Å². The first-order valence-corrected chi connectivity index (χ1v) is 25.5. The highest BCUT2D eigenvalue weighted by atomic mass is 19.3. The molecule has 2 saturated heterocycles. The monoisotopic (exact) mass is 1020 g/mol. The average molecular weight is 1020 g/mol. The summed E-state index contributed by atoms with van der Waals surface area (Å²) < 4.78 is 52.8. The molecule has 73 heavy (non-hydrogen) atoms. The van der Waals surface area contributed by atoms with Crippen molar-refractivity contribution in [2.24, 2.45) is 11.8 Å². The number of Topliss-reactive ketones (excluding diaryl/α,β-unsaturated/α-hetero) is 4. The van der Waals surface area contributed by atoms with Crippen molar-refractivity contribution in [1.29, 1.82) is 0 Å². The van der Waals surface area contributed by atoms with Gasteiger partial charge in [-0.05, 0) is 202 Å². The number of carbonyl (C=O) groups excluding carboxylic acids is 6. The number of carbonyl (C=O) groups is 6. The molecule has 4 aromatic rings. The fraction of sp³-hybridized carbons (Fsp3) is 0.474. The van der Waals surface area contributed by atoms with E-state index in [1.165, 1.54) is 75.7 Å². The molecule has 0 bridgehead atoms. The zero-order valence-corrected chi connectivity index (χ0v) is 42.8. The van der Waals surface area contributed by atoms with E-state index in [0.29, 0.717) is 84.0 Å². The van der Waals surface area contributed by atoms with Crippen LogP contribution in [0.15, 0.2) is 84.9 Å². The zero-order chi connectivity index (χ0) is 53.0. The number of nitrogens with one attached hydrogen (secondary N) is 4. The van der Waals surface area contributed by atoms with Crippen LogP contribution in [0.1, 0.15) is 152 Å². The molecule has 2 heterocycles. The number of rotatable bonds is 22. The number of nitrogens with zero attached hydrogens (tertiary/aromatic N) is 2. The zero-order valence-electron chi connectivity index (χ0n) is 42.8. The van der Waals surface area contributed by atoms with Gasteiger partial charge in [-0.15, -0.1) is 0 Å². The molecule has 0 aliphatic carbocycles. The van der Waals surface area contributed by atoms with Gasteiger partial charge >= 0.3 is 12.1 Å². The number of urea groups is 2. The molecule has 0 radical (unpaired) electrons. The molecule has 6 rings (SSSR count). The molecule has 0 spiro atoms. The lowest BCUT2D eigenvalue weighted by molar-refractivity contribution is 0.0321. The molecule has 4 amide bonds. The van der Waals surface area contributed by atoms with Crippen LogP contribution in [-0.2, 0) is 12.8 Å². The standard InChI is InChI=1S/C29H38FN3O3.C28H34F3N3O3.5H2/c1-4-13-33-14-11-23(15-22-7-9-26(30)10-8-22)16-28(33)6-5-12-31-29(36)32-27-18-24(20(2)34)17-25(19-27)21(3)35;1-18(35)22-14-23(19(2)36)16-25(15-22)33-28(37)32-10-3-4-26-13-21(9-11-34(26)17-27(30)31)12-20-5-7-24(29)8-6-20;;;;;/h7-10,17-19,23,28H,4-6,11-16H2,1-3H3,(H2,31,32,36);5-8,14-16,21,26-27H,3-4,9-13,17H2,1-2H3,(H2,32,33,37);5*1H/t23-,28-;21-,26-;;;;;/m00...../s1. The van der Waals surface area contributed by atoms with Crippen LogP contribution in [-0.4, -0.2) is 103 Å². The van der Waals surface area contributed by atoms with Crippen molar-refractivity contribution in [1.82, 2.24) is 20.4 Å². The summed E-state index contributed by atoms with van der Waals surface area (Å²) in [6.07, 6.45) is 7.39. The third-order valence-electron chi connectivity index (χ3n) is 13.7. The van der Waals surface area contributed by atoms with E-state index in [-0.39, 0.29) is 60.5 Å². The number of amides is 4. The molecule has 2 fully saturated rings. The molecule has 0 unspecified atom stereocenters. The van der Waals surface area contributed by atoms with Gasteiger partial charge in [0, 0.05) is 65.9 Å². The van der Waals surface area contributed by atoms with Gasteiger partial charge < -0.3 is 26.2 Å². The normalized spacial score (nSPS) is 18.0. The van der Waals surface area contributed by atoms with Gasteiger partial charge in [0.05, 0.1) is 6.54 Å². The quantitative estimate of drug-likeness (QED) is 0.0344. The van der Waals surface area contributed by atoms with Gasteiger partial charge in [-0.25, -0.2) is 27.2 Å². The summed E-state index contributed by atoms with van der Waals surface area (Å²) >= 11 is 0. The Morgan fingerprint density at radius 3 is 1.30 bits per heavy atom. The van der Waals surface area contributed by atoms with Crippen LogP contribution in [0.4, 0.5) is 38.5 Å². The van der Waals surface area contributed by atoms with Crippen molar-refractivity contribution in [2.75, 3.05) is 49.9 Å². The molecule has 16 heteroatoms. The number of halogens is 4. The van der Waals surface area contributed by atoms with Gasteiger partial charge in [0.1, 0.15) is 11.6 Å². The van der Waals surface area contributed by atoms with Crippen molar-refractivity contribution in [3.63, 3.8) is 0 Å². The van der Waals surface area contributed by atoms with Crippen molar-refractivity contribution >= 4 is 46.6 Å². The maximum absolute atomic E-state index is 13.2. The summed E-state index contributed by atoms with van der Waals surface area (Å²) in [5, 5.41) is 11.1. The molecule has 4 atom stereocenters. The Hall–Kier alpha value is -6.26. The van der Waals surface area contributed by atoms with Gasteiger partial charge in [0.15, 0.2) is 23.1 Å². The maximum Gasteiger partial charge on any atom is 0.319 e.